The molecule has 0 fully saturated rings. The van der Waals surface area contributed by atoms with Crippen molar-refractivity contribution in [1.29, 1.82) is 5.26 Å². The van der Waals surface area contributed by atoms with E-state index in [1.165, 1.54) is 16.7 Å². The molecule has 0 bridgehead atoms. The Labute approximate surface area is 127 Å². The van der Waals surface area contributed by atoms with E-state index in [9.17, 15) is 13.6 Å². The summed E-state index contributed by atoms with van der Waals surface area (Å²) in [5, 5.41) is 8.69. The molecule has 114 valence electrons. The van der Waals surface area contributed by atoms with Crippen LogP contribution in [0.4, 0.5) is 8.78 Å². The lowest BCUT2D eigenvalue weighted by Crippen LogP contribution is -2.36. The molecule has 21 heavy (non-hydrogen) atoms. The van der Waals surface area contributed by atoms with Gasteiger partial charge in [-0.15, -0.1) is 11.8 Å². The predicted octanol–water partition coefficient (Wildman–Crippen LogP) is 3.30. The Morgan fingerprint density at radius 3 is 2.57 bits per heavy atom. The van der Waals surface area contributed by atoms with Crippen LogP contribution in [0, 0.1) is 11.3 Å². The second-order valence-corrected chi connectivity index (χ2v) is 5.52. The van der Waals surface area contributed by atoms with Gasteiger partial charge in [-0.1, -0.05) is 19.1 Å². The van der Waals surface area contributed by atoms with Crippen LogP contribution in [0.3, 0.4) is 0 Å². The highest BCUT2D eigenvalue weighted by Crippen LogP contribution is 2.14. The molecular weight excluding hydrogens is 294 g/mol. The molecule has 1 rings (SSSR count). The van der Waals surface area contributed by atoms with Gasteiger partial charge in [0, 0.05) is 12.3 Å². The lowest BCUT2D eigenvalue weighted by Gasteiger charge is -2.21. The van der Waals surface area contributed by atoms with Crippen LogP contribution in [0.2, 0.25) is 0 Å². The maximum atomic E-state index is 12.4. The number of hydrogen-bond acceptors (Lipinski definition) is 3. The second-order valence-electron chi connectivity index (χ2n) is 4.53. The van der Waals surface area contributed by atoms with Crippen LogP contribution < -0.4 is 0 Å². The summed E-state index contributed by atoms with van der Waals surface area (Å²) in [6, 6.07) is 9.14. The lowest BCUT2D eigenvalue weighted by molar-refractivity contribution is -0.130. The number of carbonyl (C=O) groups is 1. The Bertz CT molecular complexity index is 485. The molecule has 0 aliphatic heterocycles. The molecule has 1 aromatic rings. The highest BCUT2D eigenvalue weighted by molar-refractivity contribution is 7.99. The molecule has 0 aliphatic carbocycles. The zero-order valence-electron chi connectivity index (χ0n) is 11.9. The maximum Gasteiger partial charge on any atom is 0.255 e. The largest absolute Gasteiger partial charge is 0.336 e. The number of nitrogens with zero attached hydrogens (tertiary/aromatic N) is 2. The van der Waals surface area contributed by atoms with Crippen molar-refractivity contribution < 1.29 is 13.6 Å². The average molecular weight is 312 g/mol. The first-order chi connectivity index (χ1) is 10.1. The minimum absolute atomic E-state index is 0.187. The zero-order chi connectivity index (χ0) is 15.7. The van der Waals surface area contributed by atoms with Gasteiger partial charge in [0.25, 0.3) is 6.43 Å². The van der Waals surface area contributed by atoms with Crippen LogP contribution in [-0.2, 0) is 10.5 Å². The molecule has 0 heterocycles. The number of amides is 1. The summed E-state index contributed by atoms with van der Waals surface area (Å²) in [7, 11) is 0. The summed E-state index contributed by atoms with van der Waals surface area (Å²) in [6.45, 7) is 1.72. The summed E-state index contributed by atoms with van der Waals surface area (Å²) < 4.78 is 24.8. The van der Waals surface area contributed by atoms with Crippen molar-refractivity contribution in [3.05, 3.63) is 35.4 Å². The molecule has 0 aromatic heterocycles. The summed E-state index contributed by atoms with van der Waals surface area (Å²) in [5.74, 6) is 0.550. The Balaban J connectivity index is 2.41. The van der Waals surface area contributed by atoms with Gasteiger partial charge in [0.15, 0.2) is 0 Å². The van der Waals surface area contributed by atoms with Gasteiger partial charge in [0.2, 0.25) is 5.91 Å². The fraction of sp³-hybridized carbons (Fsp3) is 0.467. The summed E-state index contributed by atoms with van der Waals surface area (Å²) in [4.78, 5) is 13.1. The van der Waals surface area contributed by atoms with Crippen molar-refractivity contribution in [3.8, 4) is 6.07 Å². The van der Waals surface area contributed by atoms with E-state index >= 15 is 0 Å². The smallest absolute Gasteiger partial charge is 0.255 e. The Morgan fingerprint density at radius 1 is 1.38 bits per heavy atom. The predicted molar refractivity (Wildman–Crippen MR) is 80.2 cm³/mol. The highest BCUT2D eigenvalue weighted by Gasteiger charge is 2.17. The van der Waals surface area contributed by atoms with Crippen molar-refractivity contribution in [3.63, 3.8) is 0 Å². The second kappa shape index (κ2) is 9.35. The third-order valence-electron chi connectivity index (χ3n) is 2.78. The monoisotopic (exact) mass is 312 g/mol. The lowest BCUT2D eigenvalue weighted by atomic mass is 10.2. The first-order valence-corrected chi connectivity index (χ1v) is 7.85. The molecule has 0 N–H and O–H groups in total. The van der Waals surface area contributed by atoms with Crippen molar-refractivity contribution in [2.24, 2.45) is 0 Å². The van der Waals surface area contributed by atoms with Crippen LogP contribution in [0.5, 0.6) is 0 Å². The van der Waals surface area contributed by atoms with E-state index in [2.05, 4.69) is 0 Å². The molecule has 0 spiro atoms. The normalized spacial score (nSPS) is 10.4. The summed E-state index contributed by atoms with van der Waals surface area (Å²) in [5.41, 5.74) is 1.59. The van der Waals surface area contributed by atoms with E-state index < -0.39 is 13.0 Å². The fourth-order valence-electron chi connectivity index (χ4n) is 1.78. The van der Waals surface area contributed by atoms with Crippen LogP contribution in [-0.4, -0.2) is 36.1 Å². The standard InChI is InChI=1S/C15H18F2N2OS/c1-2-7-19(9-14(16)17)15(20)11-21-10-13-5-3-12(8-18)4-6-13/h3-6,14H,2,7,9-11H2,1H3. The van der Waals surface area contributed by atoms with Crippen LogP contribution in [0.1, 0.15) is 24.5 Å². The van der Waals surface area contributed by atoms with E-state index in [1.807, 2.05) is 25.1 Å². The van der Waals surface area contributed by atoms with Gasteiger partial charge >= 0.3 is 0 Å². The zero-order valence-corrected chi connectivity index (χ0v) is 12.7. The number of rotatable bonds is 8. The van der Waals surface area contributed by atoms with Gasteiger partial charge in [-0.05, 0) is 24.1 Å². The minimum Gasteiger partial charge on any atom is -0.336 e. The quantitative estimate of drug-likeness (QED) is 0.740. The van der Waals surface area contributed by atoms with Gasteiger partial charge in [0.1, 0.15) is 0 Å². The van der Waals surface area contributed by atoms with Crippen LogP contribution in [0.15, 0.2) is 24.3 Å². The molecule has 6 heteroatoms. The van der Waals surface area contributed by atoms with Gasteiger partial charge in [-0.3, -0.25) is 4.79 Å². The van der Waals surface area contributed by atoms with Gasteiger partial charge in [-0.2, -0.15) is 5.26 Å². The molecule has 1 amide bonds. The SMILES string of the molecule is CCCN(CC(F)F)C(=O)CSCc1ccc(C#N)cc1. The van der Waals surface area contributed by atoms with Gasteiger partial charge in [-0.25, -0.2) is 8.78 Å². The molecule has 1 aromatic carbocycles. The van der Waals surface area contributed by atoms with Crippen molar-refractivity contribution in [2.45, 2.75) is 25.5 Å². The molecular formula is C15H18F2N2OS. The molecule has 0 radical (unpaired) electrons. The molecule has 0 atom stereocenters. The Kier molecular flexibility index (Phi) is 7.76. The topological polar surface area (TPSA) is 44.1 Å². The summed E-state index contributed by atoms with van der Waals surface area (Å²) >= 11 is 1.39. The number of carbonyl (C=O) groups excluding carboxylic acids is 1. The van der Waals surface area contributed by atoms with Crippen molar-refractivity contribution in [1.82, 2.24) is 4.90 Å². The number of benzene rings is 1. The minimum atomic E-state index is -2.50. The first kappa shape index (κ1) is 17.4. The molecule has 0 saturated carbocycles. The summed E-state index contributed by atoms with van der Waals surface area (Å²) in [6.07, 6.45) is -1.83. The van der Waals surface area contributed by atoms with Gasteiger partial charge < -0.3 is 4.90 Å². The molecule has 0 saturated heterocycles. The van der Waals surface area contributed by atoms with E-state index in [1.54, 1.807) is 12.1 Å². The van der Waals surface area contributed by atoms with Crippen LogP contribution in [0.25, 0.3) is 0 Å². The van der Waals surface area contributed by atoms with Crippen molar-refractivity contribution >= 4 is 17.7 Å². The van der Waals surface area contributed by atoms with E-state index in [0.717, 1.165) is 5.56 Å². The maximum absolute atomic E-state index is 12.4. The average Bonchev–Trinajstić information content (AvgIpc) is 2.47. The third-order valence-corrected chi connectivity index (χ3v) is 3.77. The first-order valence-electron chi connectivity index (χ1n) is 6.69. The number of nitriles is 1. The molecule has 0 aliphatic rings. The Morgan fingerprint density at radius 2 is 2.05 bits per heavy atom. The van der Waals surface area contributed by atoms with E-state index in [-0.39, 0.29) is 11.7 Å². The fourth-order valence-corrected chi connectivity index (χ4v) is 2.66. The number of halogens is 2. The Hall–Kier alpha value is -1.61. The van der Waals surface area contributed by atoms with Gasteiger partial charge in [0.05, 0.1) is 23.9 Å². The molecule has 3 nitrogen and oxygen atoms in total. The van der Waals surface area contributed by atoms with Crippen LogP contribution >= 0.6 is 11.8 Å². The number of thioether (sulfide) groups is 1. The number of hydrogen-bond donors (Lipinski definition) is 0. The van der Waals surface area contributed by atoms with E-state index in [4.69, 9.17) is 5.26 Å². The highest BCUT2D eigenvalue weighted by atomic mass is 32.2. The van der Waals surface area contributed by atoms with E-state index in [0.29, 0.717) is 24.3 Å². The molecule has 0 unspecified atom stereocenters. The number of alkyl halides is 2. The third kappa shape index (κ3) is 6.58. The van der Waals surface area contributed by atoms with Crippen molar-refractivity contribution in [2.75, 3.05) is 18.8 Å².